The number of aromatic nitrogens is 4. The SMILES string of the molecule is Nc1ncnc2c1nc(Sc1cc3c(cc1I)OCO3)n2CCCN1C(=O)c2ccccc2C1=O. The molecule has 2 amide bonds. The smallest absolute Gasteiger partial charge is 0.261 e. The Bertz CT molecular complexity index is 1490. The molecule has 2 N–H and O–H groups in total. The summed E-state index contributed by atoms with van der Waals surface area (Å²) in [5, 5.41) is 0.673. The van der Waals surface area contributed by atoms with E-state index in [1.165, 1.54) is 23.0 Å². The maximum Gasteiger partial charge on any atom is 0.261 e. The summed E-state index contributed by atoms with van der Waals surface area (Å²) in [6.45, 7) is 0.948. The van der Waals surface area contributed by atoms with E-state index in [-0.39, 0.29) is 31.0 Å². The third-order valence-corrected chi connectivity index (χ3v) is 8.11. The average Bonchev–Trinajstić information content (AvgIpc) is 3.52. The molecule has 0 fully saturated rings. The molecule has 0 unspecified atom stereocenters. The fourth-order valence-corrected chi connectivity index (χ4v) is 5.83. The first-order valence-corrected chi connectivity index (χ1v) is 12.6. The fraction of sp³-hybridized carbons (Fsp3) is 0.174. The zero-order chi connectivity index (χ0) is 24.1. The van der Waals surface area contributed by atoms with Crippen molar-refractivity contribution in [3.63, 3.8) is 0 Å². The lowest BCUT2D eigenvalue weighted by atomic mass is 10.1. The van der Waals surface area contributed by atoms with Gasteiger partial charge in [-0.25, -0.2) is 15.0 Å². The highest BCUT2D eigenvalue weighted by atomic mass is 127. The molecule has 10 nitrogen and oxygen atoms in total. The predicted octanol–water partition coefficient (Wildman–Crippen LogP) is 3.58. The number of carbonyl (C=O) groups is 2. The number of nitrogens with two attached hydrogens (primary N) is 1. The van der Waals surface area contributed by atoms with Gasteiger partial charge in [-0.15, -0.1) is 0 Å². The molecule has 4 heterocycles. The summed E-state index contributed by atoms with van der Waals surface area (Å²) in [5.41, 5.74) is 8.07. The second-order valence-electron chi connectivity index (χ2n) is 7.88. The van der Waals surface area contributed by atoms with Crippen molar-refractivity contribution < 1.29 is 19.1 Å². The highest BCUT2D eigenvalue weighted by molar-refractivity contribution is 14.1. The zero-order valence-corrected chi connectivity index (χ0v) is 21.1. The minimum absolute atomic E-state index is 0.196. The Kier molecular flexibility index (Phi) is 5.48. The molecule has 6 rings (SSSR count). The van der Waals surface area contributed by atoms with E-state index in [9.17, 15) is 9.59 Å². The van der Waals surface area contributed by atoms with E-state index >= 15 is 0 Å². The number of fused-ring (bicyclic) bond motifs is 3. The summed E-state index contributed by atoms with van der Waals surface area (Å²) in [4.78, 5) is 40.8. The van der Waals surface area contributed by atoms with Gasteiger partial charge in [0.15, 0.2) is 33.6 Å². The Labute approximate surface area is 217 Å². The van der Waals surface area contributed by atoms with Crippen LogP contribution in [0, 0.1) is 3.57 Å². The summed E-state index contributed by atoms with van der Waals surface area (Å²) < 4.78 is 13.9. The molecule has 0 radical (unpaired) electrons. The third kappa shape index (κ3) is 3.76. The van der Waals surface area contributed by atoms with Gasteiger partial charge in [0.25, 0.3) is 11.8 Å². The first kappa shape index (κ1) is 22.1. The van der Waals surface area contributed by atoms with Gasteiger partial charge in [0.05, 0.1) is 11.1 Å². The van der Waals surface area contributed by atoms with Crippen molar-refractivity contribution in [2.45, 2.75) is 23.0 Å². The largest absolute Gasteiger partial charge is 0.454 e. The number of anilines is 1. The number of hydrogen-bond acceptors (Lipinski definition) is 9. The minimum atomic E-state index is -0.267. The van der Waals surface area contributed by atoms with Crippen LogP contribution in [0.4, 0.5) is 5.82 Å². The van der Waals surface area contributed by atoms with Crippen molar-refractivity contribution in [3.05, 3.63) is 57.4 Å². The topological polar surface area (TPSA) is 125 Å². The van der Waals surface area contributed by atoms with Gasteiger partial charge < -0.3 is 19.8 Å². The molecule has 0 bridgehead atoms. The van der Waals surface area contributed by atoms with Crippen LogP contribution >= 0.6 is 34.4 Å². The van der Waals surface area contributed by atoms with Crippen molar-refractivity contribution in [2.24, 2.45) is 0 Å². The second kappa shape index (κ2) is 8.68. The minimum Gasteiger partial charge on any atom is -0.454 e. The van der Waals surface area contributed by atoms with Crippen LogP contribution in [0.3, 0.4) is 0 Å². The number of hydrogen-bond donors (Lipinski definition) is 1. The van der Waals surface area contributed by atoms with E-state index in [1.807, 2.05) is 16.7 Å². The number of aryl methyl sites for hydroxylation is 1. The van der Waals surface area contributed by atoms with Crippen molar-refractivity contribution in [1.29, 1.82) is 0 Å². The molecule has 2 aliphatic rings. The van der Waals surface area contributed by atoms with E-state index in [2.05, 4.69) is 32.6 Å². The van der Waals surface area contributed by atoms with Crippen LogP contribution in [0.2, 0.25) is 0 Å². The zero-order valence-electron chi connectivity index (χ0n) is 18.1. The van der Waals surface area contributed by atoms with E-state index in [0.717, 1.165) is 8.47 Å². The van der Waals surface area contributed by atoms with Crippen molar-refractivity contribution >= 4 is 63.1 Å². The highest BCUT2D eigenvalue weighted by Crippen LogP contribution is 2.41. The van der Waals surface area contributed by atoms with Gasteiger partial charge in [0, 0.05) is 21.6 Å². The van der Waals surface area contributed by atoms with Crippen molar-refractivity contribution in [2.75, 3.05) is 19.1 Å². The molecular formula is C23H17IN6O4S. The molecule has 2 aromatic heterocycles. The van der Waals surface area contributed by atoms with Gasteiger partial charge in [-0.1, -0.05) is 23.9 Å². The quantitative estimate of drug-likeness (QED) is 0.261. The van der Waals surface area contributed by atoms with E-state index in [0.29, 0.717) is 51.9 Å². The number of nitrogens with zero attached hydrogens (tertiary/aromatic N) is 5. The summed E-state index contributed by atoms with van der Waals surface area (Å²) in [6, 6.07) is 10.7. The van der Waals surface area contributed by atoms with Crippen molar-refractivity contribution in [1.82, 2.24) is 24.4 Å². The Hall–Kier alpha value is -3.39. The predicted molar refractivity (Wildman–Crippen MR) is 136 cm³/mol. The van der Waals surface area contributed by atoms with Crippen LogP contribution in [0.5, 0.6) is 11.5 Å². The van der Waals surface area contributed by atoms with Crippen molar-refractivity contribution in [3.8, 4) is 11.5 Å². The van der Waals surface area contributed by atoms with E-state index in [4.69, 9.17) is 20.2 Å². The summed E-state index contributed by atoms with van der Waals surface area (Å²) in [7, 11) is 0. The molecule has 2 aromatic carbocycles. The number of imide groups is 1. The molecule has 0 atom stereocenters. The standard InChI is InChI=1S/C23H17IN6O4S/c24-14-8-15-16(34-11-33-15)9-17(14)35-23-28-18-19(25)26-10-27-20(18)29(23)6-3-7-30-21(31)12-4-1-2-5-13(12)22(30)32/h1-2,4-5,8-10H,3,6-7,11H2,(H2,25,26,27). The number of imidazole rings is 1. The Morgan fingerprint density at radius 1 is 1.03 bits per heavy atom. The molecule has 0 saturated heterocycles. The van der Waals surface area contributed by atoms with Crippen LogP contribution in [0.1, 0.15) is 27.1 Å². The van der Waals surface area contributed by atoms with Gasteiger partial charge in [-0.2, -0.15) is 0 Å². The normalized spacial score (nSPS) is 14.3. The molecule has 12 heteroatoms. The summed E-state index contributed by atoms with van der Waals surface area (Å²) >= 11 is 3.70. The molecule has 0 saturated carbocycles. The molecule has 176 valence electrons. The first-order valence-electron chi connectivity index (χ1n) is 10.7. The van der Waals surface area contributed by atoms with E-state index < -0.39 is 0 Å². The van der Waals surface area contributed by atoms with Crippen LogP contribution in [-0.2, 0) is 6.54 Å². The van der Waals surface area contributed by atoms with Gasteiger partial charge in [0.1, 0.15) is 6.33 Å². The second-order valence-corrected chi connectivity index (χ2v) is 10.0. The van der Waals surface area contributed by atoms with Crippen LogP contribution in [0.25, 0.3) is 11.2 Å². The molecule has 2 aliphatic heterocycles. The third-order valence-electron chi connectivity index (χ3n) is 5.80. The van der Waals surface area contributed by atoms with Gasteiger partial charge in [-0.3, -0.25) is 14.5 Å². The van der Waals surface area contributed by atoms with Crippen LogP contribution < -0.4 is 15.2 Å². The first-order chi connectivity index (χ1) is 17.0. The molecule has 35 heavy (non-hydrogen) atoms. The lowest BCUT2D eigenvalue weighted by Gasteiger charge is -2.15. The average molecular weight is 600 g/mol. The number of carbonyl (C=O) groups excluding carboxylic acids is 2. The molecule has 0 spiro atoms. The van der Waals surface area contributed by atoms with Crippen LogP contribution in [-0.4, -0.2) is 49.6 Å². The van der Waals surface area contributed by atoms with Gasteiger partial charge in [0.2, 0.25) is 6.79 Å². The van der Waals surface area contributed by atoms with Gasteiger partial charge in [-0.05, 0) is 53.3 Å². The maximum atomic E-state index is 12.7. The Morgan fingerprint density at radius 3 is 2.49 bits per heavy atom. The number of amides is 2. The van der Waals surface area contributed by atoms with E-state index in [1.54, 1.807) is 24.3 Å². The molecular weight excluding hydrogens is 583 g/mol. The number of halogens is 1. The maximum absolute atomic E-state index is 12.7. The Morgan fingerprint density at radius 2 is 1.74 bits per heavy atom. The highest BCUT2D eigenvalue weighted by Gasteiger charge is 2.34. The monoisotopic (exact) mass is 600 g/mol. The number of rotatable bonds is 6. The Balaban J connectivity index is 1.28. The van der Waals surface area contributed by atoms with Crippen LogP contribution in [0.15, 0.2) is 52.8 Å². The lowest BCUT2D eigenvalue weighted by molar-refractivity contribution is 0.0650. The molecule has 4 aromatic rings. The number of benzene rings is 2. The summed E-state index contributed by atoms with van der Waals surface area (Å²) in [6.07, 6.45) is 1.92. The summed E-state index contributed by atoms with van der Waals surface area (Å²) in [5.74, 6) is 1.15. The fourth-order valence-electron chi connectivity index (χ4n) is 4.12. The lowest BCUT2D eigenvalue weighted by Crippen LogP contribution is -2.31. The molecule has 0 aliphatic carbocycles. The number of nitrogen functional groups attached to an aromatic ring is 1. The number of ether oxygens (including phenoxy) is 2. The van der Waals surface area contributed by atoms with Gasteiger partial charge >= 0.3 is 0 Å².